The van der Waals surface area contributed by atoms with E-state index in [1.165, 1.54) is 0 Å². The minimum Gasteiger partial charge on any atom is -0.485 e. The Bertz CT molecular complexity index is 484. The summed E-state index contributed by atoms with van der Waals surface area (Å²) in [6, 6.07) is 7.69. The van der Waals surface area contributed by atoms with Gasteiger partial charge in [-0.15, -0.1) is 0 Å². The summed E-state index contributed by atoms with van der Waals surface area (Å²) in [5.74, 6) is 1.27. The molecular weight excluding hydrogens is 256 g/mol. The molecule has 3 rings (SSSR count). The van der Waals surface area contributed by atoms with Gasteiger partial charge in [0.2, 0.25) is 6.10 Å². The number of amides is 1. The number of carbonyl (C=O) groups is 1. The van der Waals surface area contributed by atoms with Crippen molar-refractivity contribution in [2.75, 3.05) is 26.7 Å². The number of hydrogen-bond donors (Lipinski definition) is 1. The molecule has 2 aliphatic rings. The van der Waals surface area contributed by atoms with Gasteiger partial charge < -0.3 is 19.7 Å². The predicted molar refractivity (Wildman–Crippen MR) is 75.0 cm³/mol. The lowest BCUT2D eigenvalue weighted by atomic mass is 10.1. The van der Waals surface area contributed by atoms with Gasteiger partial charge in [-0.3, -0.25) is 4.79 Å². The summed E-state index contributed by atoms with van der Waals surface area (Å²) in [5, 5.41) is 3.07. The number of piperidine rings is 1. The second-order valence-corrected chi connectivity index (χ2v) is 5.45. The van der Waals surface area contributed by atoms with Crippen LogP contribution in [0.2, 0.25) is 0 Å². The van der Waals surface area contributed by atoms with E-state index in [9.17, 15) is 4.79 Å². The van der Waals surface area contributed by atoms with E-state index in [1.807, 2.05) is 24.3 Å². The largest absolute Gasteiger partial charge is 0.485 e. The maximum Gasteiger partial charge on any atom is 0.264 e. The smallest absolute Gasteiger partial charge is 0.264 e. The van der Waals surface area contributed by atoms with Crippen LogP contribution in [0.5, 0.6) is 11.5 Å². The molecule has 108 valence electrons. The molecule has 0 bridgehead atoms. The van der Waals surface area contributed by atoms with Crippen molar-refractivity contribution in [2.45, 2.75) is 25.0 Å². The van der Waals surface area contributed by atoms with E-state index in [2.05, 4.69) is 17.3 Å². The number of fused-ring (bicyclic) bond motifs is 1. The second-order valence-electron chi connectivity index (χ2n) is 5.45. The zero-order chi connectivity index (χ0) is 13.9. The third kappa shape index (κ3) is 2.88. The van der Waals surface area contributed by atoms with Crippen LogP contribution in [-0.2, 0) is 4.79 Å². The van der Waals surface area contributed by atoms with Crippen LogP contribution in [0.1, 0.15) is 12.8 Å². The van der Waals surface area contributed by atoms with Crippen molar-refractivity contribution in [3.63, 3.8) is 0 Å². The summed E-state index contributed by atoms with van der Waals surface area (Å²) in [6.45, 7) is 2.32. The van der Waals surface area contributed by atoms with Gasteiger partial charge in [0, 0.05) is 6.04 Å². The molecular formula is C15H20N2O3. The molecule has 1 aromatic rings. The van der Waals surface area contributed by atoms with Crippen molar-refractivity contribution < 1.29 is 14.3 Å². The molecule has 1 N–H and O–H groups in total. The number of nitrogens with zero attached hydrogens (tertiary/aromatic N) is 1. The number of benzene rings is 1. The standard InChI is InChI=1S/C15H20N2O3/c1-17-8-6-11(7-9-17)16-15(18)14-10-19-12-4-2-3-5-13(12)20-14/h2-5,11,14H,6-10H2,1H3,(H,16,18)/t14-/m0/s1. The summed E-state index contributed by atoms with van der Waals surface area (Å²) in [6.07, 6.45) is 1.43. The van der Waals surface area contributed by atoms with Crippen LogP contribution < -0.4 is 14.8 Å². The maximum atomic E-state index is 12.2. The third-order valence-electron chi connectivity index (χ3n) is 3.87. The SMILES string of the molecule is CN1CCC(NC(=O)[C@@H]2COc3ccccc3O2)CC1. The molecule has 0 spiro atoms. The molecule has 1 aromatic carbocycles. The van der Waals surface area contributed by atoms with E-state index in [-0.39, 0.29) is 18.6 Å². The molecule has 2 heterocycles. The predicted octanol–water partition coefficient (Wildman–Crippen LogP) is 1.04. The quantitative estimate of drug-likeness (QED) is 0.877. The monoisotopic (exact) mass is 276 g/mol. The minimum absolute atomic E-state index is 0.0749. The highest BCUT2D eigenvalue weighted by Gasteiger charge is 2.29. The Hall–Kier alpha value is -1.75. The molecule has 0 radical (unpaired) electrons. The highest BCUT2D eigenvalue weighted by molar-refractivity contribution is 5.82. The number of nitrogens with one attached hydrogen (secondary N) is 1. The van der Waals surface area contributed by atoms with Gasteiger partial charge in [-0.05, 0) is 45.1 Å². The Morgan fingerprint density at radius 2 is 1.95 bits per heavy atom. The van der Waals surface area contributed by atoms with Crippen LogP contribution in [0, 0.1) is 0 Å². The van der Waals surface area contributed by atoms with E-state index < -0.39 is 6.10 Å². The van der Waals surface area contributed by atoms with Gasteiger partial charge in [-0.25, -0.2) is 0 Å². The van der Waals surface area contributed by atoms with E-state index in [1.54, 1.807) is 0 Å². The summed E-state index contributed by atoms with van der Waals surface area (Å²) < 4.78 is 11.3. The Kier molecular flexibility index (Phi) is 3.78. The van der Waals surface area contributed by atoms with Crippen LogP contribution in [0.3, 0.4) is 0 Å². The zero-order valence-electron chi connectivity index (χ0n) is 11.7. The third-order valence-corrected chi connectivity index (χ3v) is 3.87. The van der Waals surface area contributed by atoms with Gasteiger partial charge in [-0.2, -0.15) is 0 Å². The summed E-state index contributed by atoms with van der Waals surface area (Å²) in [4.78, 5) is 14.5. The van der Waals surface area contributed by atoms with Gasteiger partial charge >= 0.3 is 0 Å². The molecule has 1 saturated heterocycles. The average Bonchev–Trinajstić information content (AvgIpc) is 2.49. The minimum atomic E-state index is -0.551. The maximum absolute atomic E-state index is 12.2. The van der Waals surface area contributed by atoms with Crippen molar-refractivity contribution in [1.29, 1.82) is 0 Å². The fourth-order valence-corrected chi connectivity index (χ4v) is 2.60. The van der Waals surface area contributed by atoms with E-state index >= 15 is 0 Å². The van der Waals surface area contributed by atoms with Crippen molar-refractivity contribution in [3.8, 4) is 11.5 Å². The van der Waals surface area contributed by atoms with Crippen LogP contribution in [0.25, 0.3) is 0 Å². The molecule has 2 aliphatic heterocycles. The molecule has 1 fully saturated rings. The number of para-hydroxylation sites is 2. The van der Waals surface area contributed by atoms with Gasteiger partial charge in [0.15, 0.2) is 11.5 Å². The molecule has 1 atom stereocenters. The van der Waals surface area contributed by atoms with Crippen molar-refractivity contribution >= 4 is 5.91 Å². The van der Waals surface area contributed by atoms with Crippen molar-refractivity contribution in [1.82, 2.24) is 10.2 Å². The first kappa shape index (κ1) is 13.2. The molecule has 20 heavy (non-hydrogen) atoms. The fourth-order valence-electron chi connectivity index (χ4n) is 2.60. The molecule has 0 aromatic heterocycles. The van der Waals surface area contributed by atoms with Crippen molar-refractivity contribution in [3.05, 3.63) is 24.3 Å². The molecule has 5 nitrogen and oxygen atoms in total. The van der Waals surface area contributed by atoms with Gasteiger partial charge in [-0.1, -0.05) is 12.1 Å². The van der Waals surface area contributed by atoms with Crippen LogP contribution in [0.15, 0.2) is 24.3 Å². The number of hydrogen-bond acceptors (Lipinski definition) is 4. The van der Waals surface area contributed by atoms with Crippen molar-refractivity contribution in [2.24, 2.45) is 0 Å². The summed E-state index contributed by atoms with van der Waals surface area (Å²) >= 11 is 0. The van der Waals surface area contributed by atoms with Gasteiger partial charge in [0.25, 0.3) is 5.91 Å². The molecule has 0 saturated carbocycles. The topological polar surface area (TPSA) is 50.8 Å². The highest BCUT2D eigenvalue weighted by Crippen LogP contribution is 2.30. The van der Waals surface area contributed by atoms with Gasteiger partial charge in [0.1, 0.15) is 6.61 Å². The Labute approximate surface area is 118 Å². The molecule has 1 amide bonds. The normalized spacial score (nSPS) is 23.4. The van der Waals surface area contributed by atoms with Crippen LogP contribution in [0.4, 0.5) is 0 Å². The van der Waals surface area contributed by atoms with E-state index in [0.717, 1.165) is 25.9 Å². The Morgan fingerprint density at radius 3 is 2.70 bits per heavy atom. The molecule has 0 aliphatic carbocycles. The first-order valence-electron chi connectivity index (χ1n) is 7.10. The highest BCUT2D eigenvalue weighted by atomic mass is 16.6. The average molecular weight is 276 g/mol. The summed E-state index contributed by atoms with van der Waals surface area (Å²) in [7, 11) is 2.10. The molecule has 5 heteroatoms. The molecule has 0 unspecified atom stereocenters. The van der Waals surface area contributed by atoms with E-state index in [0.29, 0.717) is 11.5 Å². The number of ether oxygens (including phenoxy) is 2. The van der Waals surface area contributed by atoms with E-state index in [4.69, 9.17) is 9.47 Å². The number of rotatable bonds is 2. The van der Waals surface area contributed by atoms with Gasteiger partial charge in [0.05, 0.1) is 0 Å². The lowest BCUT2D eigenvalue weighted by molar-refractivity contribution is -0.131. The lowest BCUT2D eigenvalue weighted by Gasteiger charge is -2.31. The fraction of sp³-hybridized carbons (Fsp3) is 0.533. The Morgan fingerprint density at radius 1 is 1.25 bits per heavy atom. The van der Waals surface area contributed by atoms with Crippen LogP contribution >= 0.6 is 0 Å². The first-order chi connectivity index (χ1) is 9.72. The number of carbonyl (C=O) groups excluding carboxylic acids is 1. The zero-order valence-corrected chi connectivity index (χ0v) is 11.7. The Balaban J connectivity index is 1.56. The van der Waals surface area contributed by atoms with Crippen LogP contribution in [-0.4, -0.2) is 49.7 Å². The summed E-state index contributed by atoms with van der Waals surface area (Å²) in [5.41, 5.74) is 0. The first-order valence-corrected chi connectivity index (χ1v) is 7.10. The lowest BCUT2D eigenvalue weighted by Crippen LogP contribution is -2.50. The number of likely N-dealkylation sites (tertiary alicyclic amines) is 1. The second kappa shape index (κ2) is 5.71.